The van der Waals surface area contributed by atoms with E-state index < -0.39 is 5.82 Å². The van der Waals surface area contributed by atoms with Crippen molar-refractivity contribution in [1.29, 1.82) is 5.26 Å². The Morgan fingerprint density at radius 1 is 1.36 bits per heavy atom. The Balaban J connectivity index is 1.92. The van der Waals surface area contributed by atoms with Crippen LogP contribution in [0.5, 0.6) is 0 Å². The average Bonchev–Trinajstić information content (AvgIpc) is 3.11. The number of nitriles is 1. The van der Waals surface area contributed by atoms with Gasteiger partial charge in [0.25, 0.3) is 0 Å². The fraction of sp³-hybridized carbons (Fsp3) is 0.368. The van der Waals surface area contributed by atoms with Gasteiger partial charge in [0.15, 0.2) is 5.96 Å². The van der Waals surface area contributed by atoms with Gasteiger partial charge in [-0.1, -0.05) is 19.1 Å². The van der Waals surface area contributed by atoms with Crippen molar-refractivity contribution in [1.82, 2.24) is 10.6 Å². The summed E-state index contributed by atoms with van der Waals surface area (Å²) in [6, 6.07) is 10.6. The van der Waals surface area contributed by atoms with Crippen molar-refractivity contribution in [3.05, 3.63) is 57.5 Å². The molecule has 2 aromatic rings. The molecule has 0 aliphatic carbocycles. The van der Waals surface area contributed by atoms with Crippen LogP contribution in [0.2, 0.25) is 0 Å². The number of thiophene rings is 1. The molecule has 1 aromatic carbocycles. The lowest BCUT2D eigenvalue weighted by Gasteiger charge is -2.15. The lowest BCUT2D eigenvalue weighted by molar-refractivity contribution is 0.561. The number of hydrogen-bond donors (Lipinski definition) is 2. The summed E-state index contributed by atoms with van der Waals surface area (Å²) in [5, 5.41) is 17.4. The van der Waals surface area contributed by atoms with E-state index in [1.165, 1.54) is 10.9 Å². The van der Waals surface area contributed by atoms with Crippen molar-refractivity contribution in [2.75, 3.05) is 13.1 Å². The summed E-state index contributed by atoms with van der Waals surface area (Å²) in [5.74, 6) is 0.739. The van der Waals surface area contributed by atoms with E-state index in [1.807, 2.05) is 13.0 Å². The van der Waals surface area contributed by atoms with Crippen molar-refractivity contribution < 1.29 is 4.39 Å². The van der Waals surface area contributed by atoms with Crippen molar-refractivity contribution in [3.8, 4) is 6.07 Å². The fourth-order valence-electron chi connectivity index (χ4n) is 2.37. The molecule has 4 nitrogen and oxygen atoms in total. The molecule has 132 valence electrons. The quantitative estimate of drug-likeness (QED) is 0.586. The highest BCUT2D eigenvalue weighted by Gasteiger charge is 2.07. The third-order valence-electron chi connectivity index (χ3n) is 3.68. The Morgan fingerprint density at radius 3 is 2.84 bits per heavy atom. The minimum atomic E-state index is -0.398. The molecular weight excluding hydrogens is 335 g/mol. The van der Waals surface area contributed by atoms with Crippen LogP contribution in [0.4, 0.5) is 4.39 Å². The Bertz CT molecular complexity index is 734. The number of halogens is 1. The van der Waals surface area contributed by atoms with Gasteiger partial charge in [0.2, 0.25) is 0 Å². The standard InChI is InChI=1S/C19H23FN4S/c1-3-22-19(23-12-14(2)9-17-5-4-8-25-17)24-13-16-7-6-15(11-21)10-18(16)20/h4-8,10,14H,3,9,12-13H2,1-2H3,(H2,22,23,24). The third kappa shape index (κ3) is 6.20. The molecule has 2 rings (SSSR count). The molecule has 25 heavy (non-hydrogen) atoms. The number of hydrogen-bond acceptors (Lipinski definition) is 3. The Morgan fingerprint density at radius 2 is 2.20 bits per heavy atom. The van der Waals surface area contributed by atoms with E-state index in [4.69, 9.17) is 5.26 Å². The van der Waals surface area contributed by atoms with Crippen molar-refractivity contribution in [3.63, 3.8) is 0 Å². The van der Waals surface area contributed by atoms with Gasteiger partial charge in [-0.15, -0.1) is 11.3 Å². The molecule has 1 unspecified atom stereocenters. The second-order valence-electron chi connectivity index (χ2n) is 5.88. The number of guanidine groups is 1. The maximum Gasteiger partial charge on any atom is 0.191 e. The number of nitrogens with zero attached hydrogens (tertiary/aromatic N) is 2. The van der Waals surface area contributed by atoms with Gasteiger partial charge in [0, 0.05) is 23.5 Å². The molecule has 1 atom stereocenters. The van der Waals surface area contributed by atoms with Gasteiger partial charge in [-0.05, 0) is 42.8 Å². The highest BCUT2D eigenvalue weighted by atomic mass is 32.1. The molecule has 0 spiro atoms. The van der Waals surface area contributed by atoms with Crippen LogP contribution in [0.15, 0.2) is 40.7 Å². The van der Waals surface area contributed by atoms with E-state index in [1.54, 1.807) is 23.5 Å². The van der Waals surface area contributed by atoms with E-state index in [0.717, 1.165) is 19.5 Å². The van der Waals surface area contributed by atoms with E-state index in [-0.39, 0.29) is 6.54 Å². The van der Waals surface area contributed by atoms with Gasteiger partial charge in [-0.25, -0.2) is 9.38 Å². The lowest BCUT2D eigenvalue weighted by Crippen LogP contribution is -2.39. The van der Waals surface area contributed by atoms with E-state index >= 15 is 0 Å². The smallest absolute Gasteiger partial charge is 0.191 e. The van der Waals surface area contributed by atoms with Gasteiger partial charge in [-0.2, -0.15) is 5.26 Å². The molecule has 0 aliphatic rings. The van der Waals surface area contributed by atoms with Crippen LogP contribution in [0.1, 0.15) is 29.9 Å². The summed E-state index contributed by atoms with van der Waals surface area (Å²) in [5.41, 5.74) is 0.792. The fourth-order valence-corrected chi connectivity index (χ4v) is 3.24. The predicted octanol–water partition coefficient (Wildman–Crippen LogP) is 3.69. The maximum atomic E-state index is 13.9. The van der Waals surface area contributed by atoms with Crippen LogP contribution in [0, 0.1) is 23.1 Å². The van der Waals surface area contributed by atoms with E-state index in [9.17, 15) is 4.39 Å². The lowest BCUT2D eigenvalue weighted by atomic mass is 10.1. The Labute approximate surface area is 152 Å². The summed E-state index contributed by atoms with van der Waals surface area (Å²) < 4.78 is 13.9. The first-order valence-electron chi connectivity index (χ1n) is 8.35. The van der Waals surface area contributed by atoms with Crippen LogP contribution in [0.25, 0.3) is 0 Å². The van der Waals surface area contributed by atoms with E-state index in [2.05, 4.69) is 40.1 Å². The van der Waals surface area contributed by atoms with Gasteiger partial charge < -0.3 is 10.6 Å². The van der Waals surface area contributed by atoms with Crippen LogP contribution in [0.3, 0.4) is 0 Å². The van der Waals surface area contributed by atoms with Crippen molar-refractivity contribution in [2.45, 2.75) is 26.8 Å². The minimum Gasteiger partial charge on any atom is -0.357 e. The topological polar surface area (TPSA) is 60.2 Å². The van der Waals surface area contributed by atoms with Crippen LogP contribution in [-0.2, 0) is 13.0 Å². The predicted molar refractivity (Wildman–Crippen MR) is 101 cm³/mol. The normalized spacial score (nSPS) is 12.5. The first-order chi connectivity index (χ1) is 12.1. The molecule has 0 saturated heterocycles. The maximum absolute atomic E-state index is 13.9. The zero-order valence-corrected chi connectivity index (χ0v) is 15.4. The summed E-state index contributed by atoms with van der Waals surface area (Å²) in [7, 11) is 0. The number of rotatable bonds is 7. The SMILES string of the molecule is CCNC(=NCc1ccc(C#N)cc1F)NCC(C)Cc1cccs1. The molecule has 6 heteroatoms. The second-order valence-corrected chi connectivity index (χ2v) is 6.91. The molecule has 0 radical (unpaired) electrons. The number of nitrogens with one attached hydrogen (secondary N) is 2. The first kappa shape index (κ1) is 18.9. The highest BCUT2D eigenvalue weighted by Crippen LogP contribution is 2.14. The zero-order chi connectivity index (χ0) is 18.1. The van der Waals surface area contributed by atoms with Crippen molar-refractivity contribution in [2.24, 2.45) is 10.9 Å². The van der Waals surface area contributed by atoms with Gasteiger partial charge in [-0.3, -0.25) is 0 Å². The zero-order valence-electron chi connectivity index (χ0n) is 14.6. The monoisotopic (exact) mass is 358 g/mol. The average molecular weight is 358 g/mol. The first-order valence-corrected chi connectivity index (χ1v) is 9.23. The van der Waals surface area contributed by atoms with Gasteiger partial charge in [0.05, 0.1) is 18.2 Å². The number of aliphatic imine (C=N–C) groups is 1. The van der Waals surface area contributed by atoms with Crippen LogP contribution >= 0.6 is 11.3 Å². The molecule has 1 heterocycles. The second kappa shape index (κ2) is 9.80. The molecule has 2 N–H and O–H groups in total. The molecule has 0 amide bonds. The molecular formula is C19H23FN4S. The molecule has 1 aromatic heterocycles. The summed E-state index contributed by atoms with van der Waals surface area (Å²) in [6.45, 7) is 5.94. The highest BCUT2D eigenvalue weighted by molar-refractivity contribution is 7.09. The third-order valence-corrected chi connectivity index (χ3v) is 4.58. The molecule has 0 saturated carbocycles. The molecule has 0 fully saturated rings. The van der Waals surface area contributed by atoms with Gasteiger partial charge >= 0.3 is 0 Å². The molecule has 0 aliphatic heterocycles. The van der Waals surface area contributed by atoms with E-state index in [0.29, 0.717) is 23.0 Å². The number of benzene rings is 1. The summed E-state index contributed by atoms with van der Waals surface area (Å²) in [4.78, 5) is 5.81. The Hall–Kier alpha value is -2.39. The summed E-state index contributed by atoms with van der Waals surface area (Å²) in [6.07, 6.45) is 1.02. The van der Waals surface area contributed by atoms with Crippen LogP contribution < -0.4 is 10.6 Å². The van der Waals surface area contributed by atoms with Crippen molar-refractivity contribution >= 4 is 17.3 Å². The Kier molecular flexibility index (Phi) is 7.42. The minimum absolute atomic E-state index is 0.228. The molecule has 0 bridgehead atoms. The van der Waals surface area contributed by atoms with Crippen LogP contribution in [-0.4, -0.2) is 19.0 Å². The summed E-state index contributed by atoms with van der Waals surface area (Å²) >= 11 is 1.77. The van der Waals surface area contributed by atoms with Gasteiger partial charge in [0.1, 0.15) is 5.82 Å². The largest absolute Gasteiger partial charge is 0.357 e.